The molecular formula is C12H22NO2. The first kappa shape index (κ1) is 12.5. The van der Waals surface area contributed by atoms with Gasteiger partial charge in [0.25, 0.3) is 0 Å². The highest BCUT2D eigenvalue weighted by molar-refractivity contribution is 5.38. The third kappa shape index (κ3) is 5.17. The summed E-state index contributed by atoms with van der Waals surface area (Å²) in [5.74, 6) is 0.820. The van der Waals surface area contributed by atoms with Crippen molar-refractivity contribution in [2.24, 2.45) is 5.92 Å². The maximum Gasteiger partial charge on any atom is 0.417 e. The molecule has 1 N–H and O–H groups in total. The van der Waals surface area contributed by atoms with Gasteiger partial charge in [-0.3, -0.25) is 0 Å². The highest BCUT2D eigenvalue weighted by atomic mass is 16.5. The molecule has 0 amide bonds. The Balaban J connectivity index is 2.16. The first-order valence-corrected chi connectivity index (χ1v) is 6.10. The minimum absolute atomic E-state index is 0.0994. The van der Waals surface area contributed by atoms with Crippen LogP contribution in [0.1, 0.15) is 45.4 Å². The van der Waals surface area contributed by atoms with Crippen molar-refractivity contribution in [3.05, 3.63) is 0 Å². The van der Waals surface area contributed by atoms with Crippen LogP contribution >= 0.6 is 0 Å². The van der Waals surface area contributed by atoms with Gasteiger partial charge in [-0.15, -0.1) is 0 Å². The zero-order chi connectivity index (χ0) is 10.9. The van der Waals surface area contributed by atoms with Crippen LogP contribution in [-0.4, -0.2) is 25.7 Å². The first-order valence-electron chi connectivity index (χ1n) is 6.10. The van der Waals surface area contributed by atoms with Crippen molar-refractivity contribution in [3.8, 4) is 0 Å². The van der Waals surface area contributed by atoms with Crippen LogP contribution in [0.3, 0.4) is 0 Å². The molecule has 1 fully saturated rings. The molecule has 0 bridgehead atoms. The molecule has 1 saturated heterocycles. The van der Waals surface area contributed by atoms with E-state index in [0.29, 0.717) is 0 Å². The molecule has 15 heavy (non-hydrogen) atoms. The van der Waals surface area contributed by atoms with Crippen molar-refractivity contribution in [1.29, 1.82) is 0 Å². The maximum absolute atomic E-state index is 10.2. The summed E-state index contributed by atoms with van der Waals surface area (Å²) in [5.41, 5.74) is 0. The zero-order valence-electron chi connectivity index (χ0n) is 9.63. The van der Waals surface area contributed by atoms with Crippen LogP contribution in [0.25, 0.3) is 0 Å². The molecule has 1 atom stereocenters. The minimum Gasteiger partial charge on any atom is -0.454 e. The third-order valence-corrected chi connectivity index (χ3v) is 3.18. The number of piperidine rings is 1. The molecule has 0 aromatic rings. The van der Waals surface area contributed by atoms with Crippen LogP contribution < -0.4 is 5.32 Å². The summed E-state index contributed by atoms with van der Waals surface area (Å²) in [7, 11) is 0. The lowest BCUT2D eigenvalue weighted by molar-refractivity contribution is 0.144. The Morgan fingerprint density at radius 3 is 2.73 bits per heavy atom. The first-order chi connectivity index (χ1) is 7.36. The highest BCUT2D eigenvalue weighted by Crippen LogP contribution is 2.20. The van der Waals surface area contributed by atoms with Gasteiger partial charge in [-0.2, -0.15) is 0 Å². The summed E-state index contributed by atoms with van der Waals surface area (Å²) >= 11 is 0. The van der Waals surface area contributed by atoms with Crippen LogP contribution in [0.2, 0.25) is 0 Å². The average molecular weight is 212 g/mol. The van der Waals surface area contributed by atoms with Crippen LogP contribution in [-0.2, 0) is 9.53 Å². The molecule has 3 heteroatoms. The molecule has 1 heterocycles. The molecule has 87 valence electrons. The van der Waals surface area contributed by atoms with Crippen molar-refractivity contribution in [2.45, 2.75) is 51.6 Å². The number of carbonyl (C=O) groups excluding carboxylic acids is 1. The van der Waals surface area contributed by atoms with E-state index >= 15 is 0 Å². The van der Waals surface area contributed by atoms with Crippen molar-refractivity contribution in [2.75, 3.05) is 13.1 Å². The molecule has 1 aliphatic rings. The largest absolute Gasteiger partial charge is 0.454 e. The Morgan fingerprint density at radius 2 is 2.13 bits per heavy atom. The van der Waals surface area contributed by atoms with E-state index in [4.69, 9.17) is 4.74 Å². The molecule has 1 unspecified atom stereocenters. The highest BCUT2D eigenvalue weighted by Gasteiger charge is 2.16. The van der Waals surface area contributed by atoms with E-state index in [9.17, 15) is 4.79 Å². The molecule has 0 saturated carbocycles. The lowest BCUT2D eigenvalue weighted by Gasteiger charge is -2.24. The topological polar surface area (TPSA) is 38.3 Å². The van der Waals surface area contributed by atoms with Crippen molar-refractivity contribution in [1.82, 2.24) is 5.32 Å². The van der Waals surface area contributed by atoms with Crippen LogP contribution in [0.5, 0.6) is 0 Å². The van der Waals surface area contributed by atoms with E-state index in [1.807, 2.05) is 0 Å². The fourth-order valence-electron chi connectivity index (χ4n) is 2.24. The Morgan fingerprint density at radius 1 is 1.40 bits per heavy atom. The Hall–Kier alpha value is -0.570. The minimum atomic E-state index is 0.0994. The van der Waals surface area contributed by atoms with E-state index in [0.717, 1.165) is 38.3 Å². The standard InChI is InChI=1S/C12H22NO2/c1-2-3-12(15-10-14)5-4-11-6-8-13-9-7-11/h11-13H,2-9H2,1H3. The predicted molar refractivity (Wildman–Crippen MR) is 60.3 cm³/mol. The molecular weight excluding hydrogens is 190 g/mol. The van der Waals surface area contributed by atoms with Crippen molar-refractivity contribution >= 4 is 6.47 Å². The van der Waals surface area contributed by atoms with Gasteiger partial charge in [0, 0.05) is 0 Å². The van der Waals surface area contributed by atoms with Gasteiger partial charge >= 0.3 is 6.47 Å². The van der Waals surface area contributed by atoms with E-state index in [1.165, 1.54) is 19.3 Å². The molecule has 0 spiro atoms. The van der Waals surface area contributed by atoms with E-state index in [2.05, 4.69) is 12.2 Å². The van der Waals surface area contributed by atoms with Crippen molar-refractivity contribution < 1.29 is 9.53 Å². The molecule has 0 aromatic carbocycles. The van der Waals surface area contributed by atoms with E-state index in [-0.39, 0.29) is 6.10 Å². The zero-order valence-corrected chi connectivity index (χ0v) is 9.63. The predicted octanol–water partition coefficient (Wildman–Crippen LogP) is 2.02. The second kappa shape index (κ2) is 7.69. The van der Waals surface area contributed by atoms with Gasteiger partial charge in [-0.05, 0) is 51.1 Å². The third-order valence-electron chi connectivity index (χ3n) is 3.18. The van der Waals surface area contributed by atoms with Gasteiger partial charge in [-0.25, -0.2) is 4.79 Å². The quantitative estimate of drug-likeness (QED) is 0.701. The second-order valence-electron chi connectivity index (χ2n) is 4.38. The monoisotopic (exact) mass is 212 g/mol. The average Bonchev–Trinajstić information content (AvgIpc) is 2.28. The summed E-state index contributed by atoms with van der Waals surface area (Å²) < 4.78 is 4.95. The fourth-order valence-corrected chi connectivity index (χ4v) is 2.24. The van der Waals surface area contributed by atoms with Gasteiger partial charge in [0.2, 0.25) is 0 Å². The number of hydrogen-bond donors (Lipinski definition) is 1. The summed E-state index contributed by atoms with van der Waals surface area (Å²) in [6.07, 6.45) is 6.87. The van der Waals surface area contributed by atoms with Crippen LogP contribution in [0, 0.1) is 5.92 Å². The lowest BCUT2D eigenvalue weighted by Crippen LogP contribution is -2.28. The molecule has 0 aromatic heterocycles. The van der Waals surface area contributed by atoms with Crippen molar-refractivity contribution in [3.63, 3.8) is 0 Å². The van der Waals surface area contributed by atoms with Gasteiger partial charge in [0.05, 0.1) is 0 Å². The molecule has 0 aliphatic carbocycles. The van der Waals surface area contributed by atoms with Crippen LogP contribution in [0.4, 0.5) is 0 Å². The summed E-state index contributed by atoms with van der Waals surface area (Å²) in [4.78, 5) is 10.2. The number of hydrogen-bond acceptors (Lipinski definition) is 3. The van der Waals surface area contributed by atoms with E-state index in [1.54, 1.807) is 6.47 Å². The van der Waals surface area contributed by atoms with Gasteiger partial charge < -0.3 is 10.1 Å². The Kier molecular flexibility index (Phi) is 6.41. The van der Waals surface area contributed by atoms with Gasteiger partial charge in [0.15, 0.2) is 0 Å². The lowest BCUT2D eigenvalue weighted by atomic mass is 9.91. The second-order valence-corrected chi connectivity index (χ2v) is 4.38. The van der Waals surface area contributed by atoms with Gasteiger partial charge in [-0.1, -0.05) is 13.3 Å². The maximum atomic E-state index is 10.2. The number of rotatable bonds is 7. The number of ether oxygens (including phenoxy) is 1. The molecule has 3 nitrogen and oxygen atoms in total. The summed E-state index contributed by atoms with van der Waals surface area (Å²) in [5, 5.41) is 3.36. The summed E-state index contributed by atoms with van der Waals surface area (Å²) in [6.45, 7) is 5.98. The summed E-state index contributed by atoms with van der Waals surface area (Å²) in [6, 6.07) is 0. The van der Waals surface area contributed by atoms with Gasteiger partial charge in [0.1, 0.15) is 6.10 Å². The Bertz CT molecular complexity index is 167. The molecule has 1 radical (unpaired) electrons. The fraction of sp³-hybridized carbons (Fsp3) is 0.917. The normalized spacial score (nSPS) is 19.8. The Labute approximate surface area is 92.6 Å². The smallest absolute Gasteiger partial charge is 0.417 e. The van der Waals surface area contributed by atoms with Crippen LogP contribution in [0.15, 0.2) is 0 Å². The SMILES string of the molecule is CCCC(CCC1CCNCC1)O[C]=O. The molecule has 1 rings (SSSR count). The molecule has 1 aliphatic heterocycles. The number of nitrogens with one attached hydrogen (secondary N) is 1. The van der Waals surface area contributed by atoms with E-state index < -0.39 is 0 Å².